The molecular formula is C10H13N3O3S. The number of amides is 1. The van der Waals surface area contributed by atoms with Gasteiger partial charge in [0.2, 0.25) is 5.91 Å². The molecule has 0 aromatic rings. The summed E-state index contributed by atoms with van der Waals surface area (Å²) in [6, 6.07) is 0. The molecule has 0 radical (unpaired) electrons. The molecule has 0 aromatic heterocycles. The van der Waals surface area contributed by atoms with E-state index in [4.69, 9.17) is 5.11 Å². The van der Waals surface area contributed by atoms with E-state index in [2.05, 4.69) is 15.5 Å². The monoisotopic (exact) mass is 255 g/mol. The van der Waals surface area contributed by atoms with Crippen LogP contribution < -0.4 is 5.32 Å². The van der Waals surface area contributed by atoms with E-state index in [1.165, 1.54) is 0 Å². The Hall–Kier alpha value is -1.37. The second kappa shape index (κ2) is 5.31. The maximum atomic E-state index is 11.4. The summed E-state index contributed by atoms with van der Waals surface area (Å²) in [4.78, 5) is 21.9. The van der Waals surface area contributed by atoms with Gasteiger partial charge >= 0.3 is 5.97 Å². The van der Waals surface area contributed by atoms with Gasteiger partial charge in [0, 0.05) is 5.71 Å². The van der Waals surface area contributed by atoms with Crippen LogP contribution in [-0.2, 0) is 9.59 Å². The number of carboxylic acids is 1. The maximum Gasteiger partial charge on any atom is 0.305 e. The van der Waals surface area contributed by atoms with Gasteiger partial charge in [-0.25, -0.2) is 0 Å². The molecule has 7 heteroatoms. The molecule has 0 spiro atoms. The van der Waals surface area contributed by atoms with Crippen molar-refractivity contribution in [2.24, 2.45) is 10.2 Å². The molecule has 0 aromatic carbocycles. The van der Waals surface area contributed by atoms with Gasteiger partial charge in [-0.3, -0.25) is 9.59 Å². The van der Waals surface area contributed by atoms with Gasteiger partial charge in [0.15, 0.2) is 5.17 Å². The van der Waals surface area contributed by atoms with Crippen LogP contribution in [0.25, 0.3) is 0 Å². The van der Waals surface area contributed by atoms with E-state index in [1.807, 2.05) is 0 Å². The molecule has 2 N–H and O–H groups in total. The molecule has 6 nitrogen and oxygen atoms in total. The summed E-state index contributed by atoms with van der Waals surface area (Å²) in [6.07, 6.45) is 4.03. The SMILES string of the molecule is O=C(O)CC1S/C(=N\N=C2CCCC2)NC1=O. The first-order chi connectivity index (χ1) is 8.15. The van der Waals surface area contributed by atoms with Gasteiger partial charge in [-0.1, -0.05) is 11.8 Å². The Morgan fingerprint density at radius 1 is 1.41 bits per heavy atom. The summed E-state index contributed by atoms with van der Waals surface area (Å²) in [6.45, 7) is 0. The third kappa shape index (κ3) is 3.29. The summed E-state index contributed by atoms with van der Waals surface area (Å²) in [5.74, 6) is -1.29. The minimum Gasteiger partial charge on any atom is -0.481 e. The summed E-state index contributed by atoms with van der Waals surface area (Å²) in [5.41, 5.74) is 1.05. The van der Waals surface area contributed by atoms with E-state index in [1.54, 1.807) is 0 Å². The van der Waals surface area contributed by atoms with Gasteiger partial charge in [-0.2, -0.15) is 5.10 Å². The molecule has 1 saturated carbocycles. The van der Waals surface area contributed by atoms with Crippen LogP contribution in [0.4, 0.5) is 0 Å². The number of nitrogens with one attached hydrogen (secondary N) is 1. The highest BCUT2D eigenvalue weighted by molar-refractivity contribution is 8.15. The average Bonchev–Trinajstić information content (AvgIpc) is 2.86. The Morgan fingerprint density at radius 3 is 2.76 bits per heavy atom. The Labute approximate surface area is 103 Å². The largest absolute Gasteiger partial charge is 0.481 e. The zero-order valence-corrected chi connectivity index (χ0v) is 10.00. The molecule has 1 unspecified atom stereocenters. The van der Waals surface area contributed by atoms with Crippen LogP contribution in [0, 0.1) is 0 Å². The molecule has 2 aliphatic rings. The predicted octanol–water partition coefficient (Wildman–Crippen LogP) is 0.979. The predicted molar refractivity (Wildman–Crippen MR) is 65.1 cm³/mol. The number of carbonyl (C=O) groups is 2. The van der Waals surface area contributed by atoms with Gasteiger partial charge in [0.25, 0.3) is 0 Å². The first-order valence-electron chi connectivity index (χ1n) is 5.48. The van der Waals surface area contributed by atoms with Gasteiger partial charge in [-0.05, 0) is 25.7 Å². The molecule has 1 amide bonds. The van der Waals surface area contributed by atoms with Crippen LogP contribution >= 0.6 is 11.8 Å². The number of hydrogen-bond acceptors (Lipinski definition) is 5. The fourth-order valence-corrected chi connectivity index (χ4v) is 2.65. The molecule has 17 heavy (non-hydrogen) atoms. The molecule has 2 rings (SSSR count). The molecule has 0 bridgehead atoms. The standard InChI is InChI=1S/C10H13N3O3S/c14-8(15)5-7-9(16)11-10(17-7)13-12-6-3-1-2-4-6/h7H,1-5H2,(H,14,15)(H,11,13,16). The van der Waals surface area contributed by atoms with Crippen LogP contribution in [0.15, 0.2) is 10.2 Å². The third-order valence-electron chi connectivity index (χ3n) is 2.60. The van der Waals surface area contributed by atoms with E-state index in [-0.39, 0.29) is 12.3 Å². The van der Waals surface area contributed by atoms with Gasteiger partial charge in [0.05, 0.1) is 6.42 Å². The maximum absolute atomic E-state index is 11.4. The third-order valence-corrected chi connectivity index (χ3v) is 3.67. The van der Waals surface area contributed by atoms with Crippen LogP contribution in [0.5, 0.6) is 0 Å². The quantitative estimate of drug-likeness (QED) is 0.735. The van der Waals surface area contributed by atoms with Crippen LogP contribution in [0.1, 0.15) is 32.1 Å². The van der Waals surface area contributed by atoms with Gasteiger partial charge < -0.3 is 10.4 Å². The van der Waals surface area contributed by atoms with Crippen molar-refractivity contribution in [3.8, 4) is 0 Å². The number of amidine groups is 1. The highest BCUT2D eigenvalue weighted by Crippen LogP contribution is 2.23. The van der Waals surface area contributed by atoms with Gasteiger partial charge in [-0.15, -0.1) is 5.10 Å². The molecule has 1 aliphatic carbocycles. The lowest BCUT2D eigenvalue weighted by molar-refractivity contribution is -0.138. The first kappa shape index (κ1) is 12.1. The molecule has 92 valence electrons. The summed E-state index contributed by atoms with van der Waals surface area (Å²) in [7, 11) is 0. The van der Waals surface area contributed by atoms with Crippen molar-refractivity contribution in [2.45, 2.75) is 37.4 Å². The molecular weight excluding hydrogens is 242 g/mol. The van der Waals surface area contributed by atoms with Crippen molar-refractivity contribution in [3.05, 3.63) is 0 Å². The normalized spacial score (nSPS) is 26.4. The number of hydrogen-bond donors (Lipinski definition) is 2. The number of thioether (sulfide) groups is 1. The fraction of sp³-hybridized carbons (Fsp3) is 0.600. The van der Waals surface area contributed by atoms with E-state index < -0.39 is 11.2 Å². The van der Waals surface area contributed by atoms with E-state index in [0.29, 0.717) is 5.17 Å². The van der Waals surface area contributed by atoms with Crippen molar-refractivity contribution < 1.29 is 14.7 Å². The lowest BCUT2D eigenvalue weighted by Crippen LogP contribution is -2.26. The van der Waals surface area contributed by atoms with Crippen molar-refractivity contribution in [1.29, 1.82) is 0 Å². The fourth-order valence-electron chi connectivity index (χ4n) is 1.74. The number of nitrogens with zero attached hydrogens (tertiary/aromatic N) is 2. The Kier molecular flexibility index (Phi) is 3.78. The number of carbonyl (C=O) groups excluding carboxylic acids is 1. The van der Waals surface area contributed by atoms with Crippen LogP contribution in [-0.4, -0.2) is 33.1 Å². The van der Waals surface area contributed by atoms with Crippen LogP contribution in [0.3, 0.4) is 0 Å². The summed E-state index contributed by atoms with van der Waals surface area (Å²) < 4.78 is 0. The molecule has 1 atom stereocenters. The average molecular weight is 255 g/mol. The smallest absolute Gasteiger partial charge is 0.305 e. The first-order valence-corrected chi connectivity index (χ1v) is 6.36. The van der Waals surface area contributed by atoms with E-state index in [0.717, 1.165) is 43.2 Å². The second-order valence-electron chi connectivity index (χ2n) is 3.97. The number of aliphatic carboxylic acids is 1. The number of carboxylic acid groups (broad SMARTS) is 1. The minimum atomic E-state index is -0.985. The number of rotatable bonds is 3. The van der Waals surface area contributed by atoms with E-state index >= 15 is 0 Å². The molecule has 1 saturated heterocycles. The van der Waals surface area contributed by atoms with Crippen molar-refractivity contribution >= 4 is 34.5 Å². The van der Waals surface area contributed by atoms with Crippen molar-refractivity contribution in [1.82, 2.24) is 5.32 Å². The molecule has 1 heterocycles. The summed E-state index contributed by atoms with van der Waals surface area (Å²) in [5, 5.41) is 19.0. The zero-order valence-electron chi connectivity index (χ0n) is 9.18. The Bertz CT molecular complexity index is 398. The topological polar surface area (TPSA) is 91.1 Å². The highest BCUT2D eigenvalue weighted by Gasteiger charge is 2.32. The Morgan fingerprint density at radius 2 is 2.12 bits per heavy atom. The lowest BCUT2D eigenvalue weighted by Gasteiger charge is -1.97. The summed E-state index contributed by atoms with van der Waals surface area (Å²) >= 11 is 1.13. The molecule has 1 aliphatic heterocycles. The zero-order chi connectivity index (χ0) is 12.3. The Balaban J connectivity index is 1.95. The molecule has 2 fully saturated rings. The second-order valence-corrected chi connectivity index (χ2v) is 5.16. The lowest BCUT2D eigenvalue weighted by atomic mass is 10.3. The van der Waals surface area contributed by atoms with E-state index in [9.17, 15) is 9.59 Å². The highest BCUT2D eigenvalue weighted by atomic mass is 32.2. The van der Waals surface area contributed by atoms with Crippen molar-refractivity contribution in [2.75, 3.05) is 0 Å². The van der Waals surface area contributed by atoms with Gasteiger partial charge in [0.1, 0.15) is 5.25 Å². The van der Waals surface area contributed by atoms with Crippen molar-refractivity contribution in [3.63, 3.8) is 0 Å². The minimum absolute atomic E-state index is 0.188. The van der Waals surface area contributed by atoms with Crippen LogP contribution in [0.2, 0.25) is 0 Å².